The van der Waals surface area contributed by atoms with E-state index >= 15 is 0 Å². The van der Waals surface area contributed by atoms with E-state index in [1.54, 1.807) is 12.1 Å². The lowest BCUT2D eigenvalue weighted by molar-refractivity contribution is 0.481. The fraction of sp³-hybridized carbons (Fsp3) is 0.444. The Morgan fingerprint density at radius 3 is 2.09 bits per heavy atom. The van der Waals surface area contributed by atoms with E-state index in [1.807, 2.05) is 12.1 Å². The second kappa shape index (κ2) is 7.43. The van der Waals surface area contributed by atoms with Crippen molar-refractivity contribution in [2.75, 3.05) is 0 Å². The number of hydrogen-bond acceptors (Lipinski definition) is 3. The van der Waals surface area contributed by atoms with Crippen LogP contribution in [0, 0.1) is 11.8 Å². The summed E-state index contributed by atoms with van der Waals surface area (Å²) in [7, 11) is -4.26. The molecule has 0 saturated heterocycles. The van der Waals surface area contributed by atoms with Gasteiger partial charge < -0.3 is 6.15 Å². The van der Waals surface area contributed by atoms with Crippen LogP contribution in [0.3, 0.4) is 0 Å². The van der Waals surface area contributed by atoms with E-state index in [2.05, 4.69) is 33.8 Å². The maximum atomic E-state index is 12.0. The van der Waals surface area contributed by atoms with Gasteiger partial charge >= 0.3 is 0 Å². The van der Waals surface area contributed by atoms with E-state index in [0.717, 1.165) is 22.9 Å². The average Bonchev–Trinajstić information content (AvgIpc) is 2.36. The molecule has 0 atom stereocenters. The predicted octanol–water partition coefficient (Wildman–Crippen LogP) is 4.65. The SMILES string of the molecule is CC(C)Cc1cc2ccccc2c(S(=O)(=O)O)c1CC(C)C.N. The molecule has 0 fully saturated rings. The molecule has 2 aromatic rings. The normalized spacial score (nSPS) is 12.0. The lowest BCUT2D eigenvalue weighted by Gasteiger charge is -2.19. The van der Waals surface area contributed by atoms with Gasteiger partial charge in [0.1, 0.15) is 4.90 Å². The molecule has 0 aliphatic heterocycles. The topological polar surface area (TPSA) is 89.4 Å². The predicted molar refractivity (Wildman–Crippen MR) is 95.9 cm³/mol. The molecule has 0 unspecified atom stereocenters. The molecule has 0 aliphatic rings. The van der Waals surface area contributed by atoms with Crippen LogP contribution in [0.4, 0.5) is 0 Å². The highest BCUT2D eigenvalue weighted by molar-refractivity contribution is 7.86. The van der Waals surface area contributed by atoms with Gasteiger partial charge in [-0.05, 0) is 41.2 Å². The van der Waals surface area contributed by atoms with E-state index in [-0.39, 0.29) is 11.0 Å². The second-order valence-electron chi connectivity index (χ2n) is 6.74. The Morgan fingerprint density at radius 1 is 1.00 bits per heavy atom. The quantitative estimate of drug-likeness (QED) is 0.777. The Bertz CT molecular complexity index is 780. The molecule has 0 bridgehead atoms. The standard InChI is InChI=1S/C18H24O3S.H3N/c1-12(2)9-15-11-14-7-5-6-8-16(14)18(22(19,20)21)17(15)10-13(3)4;/h5-8,11-13H,9-10H2,1-4H3,(H,19,20,21);1H3. The summed E-state index contributed by atoms with van der Waals surface area (Å²) in [5, 5.41) is 1.46. The van der Waals surface area contributed by atoms with Crippen molar-refractivity contribution in [3.8, 4) is 0 Å². The molecule has 0 saturated carbocycles. The van der Waals surface area contributed by atoms with Crippen LogP contribution in [-0.2, 0) is 23.0 Å². The first-order valence-electron chi connectivity index (χ1n) is 7.71. The van der Waals surface area contributed by atoms with Crippen LogP contribution in [0.2, 0.25) is 0 Å². The van der Waals surface area contributed by atoms with E-state index in [9.17, 15) is 13.0 Å². The third-order valence-electron chi connectivity index (χ3n) is 3.70. The zero-order valence-electron chi connectivity index (χ0n) is 14.3. The van der Waals surface area contributed by atoms with Crippen molar-refractivity contribution in [3.05, 3.63) is 41.5 Å². The van der Waals surface area contributed by atoms with Crippen molar-refractivity contribution in [1.82, 2.24) is 6.15 Å². The highest BCUT2D eigenvalue weighted by Crippen LogP contribution is 2.32. The summed E-state index contributed by atoms with van der Waals surface area (Å²) in [5.41, 5.74) is 1.79. The van der Waals surface area contributed by atoms with Crippen LogP contribution >= 0.6 is 0 Å². The van der Waals surface area contributed by atoms with Crippen molar-refractivity contribution < 1.29 is 13.0 Å². The van der Waals surface area contributed by atoms with Gasteiger partial charge in [-0.3, -0.25) is 4.55 Å². The van der Waals surface area contributed by atoms with Crippen LogP contribution in [0.25, 0.3) is 10.8 Å². The fourth-order valence-corrected chi connectivity index (χ4v) is 3.95. The molecule has 4 N–H and O–H groups in total. The Hall–Kier alpha value is -1.43. The summed E-state index contributed by atoms with van der Waals surface area (Å²) in [6, 6.07) is 9.42. The van der Waals surface area contributed by atoms with E-state index < -0.39 is 10.1 Å². The maximum Gasteiger partial charge on any atom is 0.295 e. The molecular weight excluding hydrogens is 310 g/mol. The van der Waals surface area contributed by atoms with Gasteiger partial charge in [0.05, 0.1) is 0 Å². The molecule has 0 spiro atoms. The molecule has 5 heteroatoms. The third kappa shape index (κ3) is 4.53. The molecule has 4 nitrogen and oxygen atoms in total. The number of fused-ring (bicyclic) bond motifs is 1. The first-order valence-corrected chi connectivity index (χ1v) is 9.15. The van der Waals surface area contributed by atoms with E-state index in [4.69, 9.17) is 0 Å². The molecule has 0 amide bonds. The average molecular weight is 337 g/mol. The molecule has 0 heterocycles. The molecule has 0 aliphatic carbocycles. The van der Waals surface area contributed by atoms with Gasteiger partial charge in [0.15, 0.2) is 0 Å². The molecule has 2 aromatic carbocycles. The molecule has 23 heavy (non-hydrogen) atoms. The van der Waals surface area contributed by atoms with Gasteiger partial charge in [0, 0.05) is 5.39 Å². The van der Waals surface area contributed by atoms with Crippen LogP contribution in [0.1, 0.15) is 38.8 Å². The fourth-order valence-electron chi connectivity index (χ4n) is 2.96. The Labute approximate surface area is 139 Å². The van der Waals surface area contributed by atoms with Gasteiger partial charge in [-0.2, -0.15) is 8.42 Å². The Morgan fingerprint density at radius 2 is 1.57 bits per heavy atom. The van der Waals surface area contributed by atoms with E-state index in [1.165, 1.54) is 0 Å². The van der Waals surface area contributed by atoms with Crippen LogP contribution in [0.5, 0.6) is 0 Å². The van der Waals surface area contributed by atoms with Crippen LogP contribution in [-0.4, -0.2) is 13.0 Å². The summed E-state index contributed by atoms with van der Waals surface area (Å²) >= 11 is 0. The van der Waals surface area contributed by atoms with Crippen molar-refractivity contribution >= 4 is 20.9 Å². The minimum Gasteiger partial charge on any atom is -0.344 e. The Balaban J connectivity index is 0.00000264. The summed E-state index contributed by atoms with van der Waals surface area (Å²) in [6.45, 7) is 8.34. The van der Waals surface area contributed by atoms with Crippen molar-refractivity contribution in [2.24, 2.45) is 11.8 Å². The highest BCUT2D eigenvalue weighted by atomic mass is 32.2. The molecular formula is C18H27NO3S. The van der Waals surface area contributed by atoms with Crippen LogP contribution < -0.4 is 6.15 Å². The van der Waals surface area contributed by atoms with Gasteiger partial charge in [-0.25, -0.2) is 0 Å². The minimum atomic E-state index is -4.26. The van der Waals surface area contributed by atoms with Gasteiger partial charge in [0.25, 0.3) is 10.1 Å². The van der Waals surface area contributed by atoms with Crippen molar-refractivity contribution in [3.63, 3.8) is 0 Å². The van der Waals surface area contributed by atoms with Gasteiger partial charge in [-0.1, -0.05) is 58.0 Å². The number of benzene rings is 2. The minimum absolute atomic E-state index is 0. The molecule has 0 aromatic heterocycles. The van der Waals surface area contributed by atoms with Crippen molar-refractivity contribution in [1.29, 1.82) is 0 Å². The largest absolute Gasteiger partial charge is 0.344 e. The second-order valence-corrected chi connectivity index (χ2v) is 8.09. The molecule has 2 rings (SSSR count). The molecule has 128 valence electrons. The zero-order valence-corrected chi connectivity index (χ0v) is 15.2. The van der Waals surface area contributed by atoms with Crippen LogP contribution in [0.15, 0.2) is 35.2 Å². The lowest BCUT2D eigenvalue weighted by atomic mass is 9.90. The van der Waals surface area contributed by atoms with Gasteiger partial charge in [0.2, 0.25) is 0 Å². The zero-order chi connectivity index (χ0) is 16.5. The summed E-state index contributed by atoms with van der Waals surface area (Å²) in [5.74, 6) is 0.730. The Kier molecular flexibility index (Phi) is 6.33. The summed E-state index contributed by atoms with van der Waals surface area (Å²) in [6.07, 6.45) is 1.44. The maximum absolute atomic E-state index is 12.0. The monoisotopic (exact) mass is 337 g/mol. The number of rotatable bonds is 5. The summed E-state index contributed by atoms with van der Waals surface area (Å²) in [4.78, 5) is 0.0925. The lowest BCUT2D eigenvalue weighted by Crippen LogP contribution is -2.11. The smallest absolute Gasteiger partial charge is 0.295 e. The first-order chi connectivity index (χ1) is 10.2. The van der Waals surface area contributed by atoms with Crippen molar-refractivity contribution in [2.45, 2.75) is 45.4 Å². The van der Waals surface area contributed by atoms with E-state index in [0.29, 0.717) is 23.6 Å². The highest BCUT2D eigenvalue weighted by Gasteiger charge is 2.23. The summed E-state index contributed by atoms with van der Waals surface area (Å²) < 4.78 is 33.9. The van der Waals surface area contributed by atoms with Gasteiger partial charge in [-0.15, -0.1) is 0 Å². The third-order valence-corrected chi connectivity index (χ3v) is 4.68. The molecule has 0 radical (unpaired) electrons. The first kappa shape index (κ1) is 19.6. The number of hydrogen-bond donors (Lipinski definition) is 2.